The van der Waals surface area contributed by atoms with Gasteiger partial charge in [0.2, 0.25) is 11.8 Å². The van der Waals surface area contributed by atoms with Gasteiger partial charge in [-0.1, -0.05) is 19.3 Å². The Morgan fingerprint density at radius 3 is 2.16 bits per heavy atom. The van der Waals surface area contributed by atoms with Gasteiger partial charge in [0, 0.05) is 22.2 Å². The van der Waals surface area contributed by atoms with Crippen LogP contribution in [0.15, 0.2) is 53.4 Å². The summed E-state index contributed by atoms with van der Waals surface area (Å²) in [6.07, 6.45) is 5.42. The molecule has 0 bridgehead atoms. The van der Waals surface area contributed by atoms with Crippen molar-refractivity contribution in [2.75, 3.05) is 17.2 Å². The number of thioether (sulfide) groups is 1. The standard InChI is InChI=1S/C25H30N2O4S/c1-3-31-25(30)19-9-11-20(12-10-19)26-23(28)17(2)32-22-15-13-21(14-16-22)27-24(29)18-7-5-4-6-8-18/h9-18H,3-8H2,1-2H3,(H,26,28)(H,27,29). The monoisotopic (exact) mass is 454 g/mol. The van der Waals surface area contributed by atoms with Gasteiger partial charge in [-0.2, -0.15) is 0 Å². The molecule has 0 aromatic heterocycles. The Kier molecular flexibility index (Phi) is 8.73. The van der Waals surface area contributed by atoms with E-state index in [9.17, 15) is 14.4 Å². The first kappa shape index (κ1) is 23.9. The van der Waals surface area contributed by atoms with Crippen LogP contribution in [0.4, 0.5) is 11.4 Å². The highest BCUT2D eigenvalue weighted by Crippen LogP contribution is 2.28. The van der Waals surface area contributed by atoms with E-state index >= 15 is 0 Å². The average molecular weight is 455 g/mol. The fourth-order valence-electron chi connectivity index (χ4n) is 3.63. The number of carbonyl (C=O) groups is 3. The number of ether oxygens (including phenoxy) is 1. The number of hydrogen-bond donors (Lipinski definition) is 2. The molecule has 7 heteroatoms. The quantitative estimate of drug-likeness (QED) is 0.406. The lowest BCUT2D eigenvalue weighted by molar-refractivity contribution is -0.120. The van der Waals surface area contributed by atoms with E-state index in [1.807, 2.05) is 31.2 Å². The third-order valence-electron chi connectivity index (χ3n) is 5.44. The number of hydrogen-bond acceptors (Lipinski definition) is 5. The third-order valence-corrected chi connectivity index (χ3v) is 6.56. The molecule has 0 saturated heterocycles. The summed E-state index contributed by atoms with van der Waals surface area (Å²) in [5.74, 6) is -0.291. The predicted octanol–water partition coefficient (Wildman–Crippen LogP) is 5.50. The van der Waals surface area contributed by atoms with Crippen molar-refractivity contribution in [1.29, 1.82) is 0 Å². The second-order valence-corrected chi connectivity index (χ2v) is 9.31. The Morgan fingerprint density at radius 2 is 1.53 bits per heavy atom. The Bertz CT molecular complexity index is 922. The minimum Gasteiger partial charge on any atom is -0.462 e. The van der Waals surface area contributed by atoms with Gasteiger partial charge in [-0.3, -0.25) is 9.59 Å². The summed E-state index contributed by atoms with van der Waals surface area (Å²) in [6.45, 7) is 3.91. The summed E-state index contributed by atoms with van der Waals surface area (Å²) in [4.78, 5) is 37.6. The van der Waals surface area contributed by atoms with Gasteiger partial charge in [0.25, 0.3) is 0 Å². The Morgan fingerprint density at radius 1 is 0.938 bits per heavy atom. The Labute approximate surface area is 193 Å². The molecule has 0 heterocycles. The first-order valence-electron chi connectivity index (χ1n) is 11.1. The van der Waals surface area contributed by atoms with E-state index in [-0.39, 0.29) is 29.0 Å². The molecule has 1 aliphatic carbocycles. The maximum atomic E-state index is 12.5. The molecular formula is C25H30N2O4S. The fourth-order valence-corrected chi connectivity index (χ4v) is 4.50. The third kappa shape index (κ3) is 6.85. The lowest BCUT2D eigenvalue weighted by Gasteiger charge is -2.20. The van der Waals surface area contributed by atoms with Crippen molar-refractivity contribution >= 4 is 40.9 Å². The summed E-state index contributed by atoms with van der Waals surface area (Å²) >= 11 is 1.44. The van der Waals surface area contributed by atoms with Crippen LogP contribution in [0.5, 0.6) is 0 Å². The molecule has 3 rings (SSSR count). The van der Waals surface area contributed by atoms with E-state index in [0.717, 1.165) is 36.3 Å². The van der Waals surface area contributed by atoms with Crippen LogP contribution < -0.4 is 10.6 Å². The lowest BCUT2D eigenvalue weighted by atomic mass is 9.88. The molecule has 1 atom stereocenters. The maximum Gasteiger partial charge on any atom is 0.338 e. The van der Waals surface area contributed by atoms with Crippen LogP contribution in [0.25, 0.3) is 0 Å². The first-order valence-corrected chi connectivity index (χ1v) is 12.0. The zero-order valence-electron chi connectivity index (χ0n) is 18.6. The van der Waals surface area contributed by atoms with E-state index in [2.05, 4.69) is 10.6 Å². The normalized spacial score (nSPS) is 14.9. The van der Waals surface area contributed by atoms with E-state index in [1.165, 1.54) is 18.2 Å². The van der Waals surface area contributed by atoms with Gasteiger partial charge in [-0.15, -0.1) is 11.8 Å². The van der Waals surface area contributed by atoms with E-state index in [0.29, 0.717) is 17.9 Å². The number of benzene rings is 2. The molecule has 0 radical (unpaired) electrons. The number of carbonyl (C=O) groups excluding carboxylic acids is 3. The Hall–Kier alpha value is -2.80. The highest BCUT2D eigenvalue weighted by atomic mass is 32.2. The summed E-state index contributed by atoms with van der Waals surface area (Å²) < 4.78 is 4.96. The number of nitrogens with one attached hydrogen (secondary N) is 2. The molecule has 1 unspecified atom stereocenters. The van der Waals surface area contributed by atoms with Crippen molar-refractivity contribution in [2.45, 2.75) is 56.1 Å². The molecule has 32 heavy (non-hydrogen) atoms. The smallest absolute Gasteiger partial charge is 0.338 e. The zero-order chi connectivity index (χ0) is 22.9. The SMILES string of the molecule is CCOC(=O)c1ccc(NC(=O)C(C)Sc2ccc(NC(=O)C3CCCCC3)cc2)cc1. The summed E-state index contributed by atoms with van der Waals surface area (Å²) in [7, 11) is 0. The number of amides is 2. The van der Waals surface area contributed by atoms with Crippen molar-refractivity contribution in [3.05, 3.63) is 54.1 Å². The second-order valence-electron chi connectivity index (χ2n) is 7.90. The molecule has 1 aliphatic rings. The molecule has 2 N–H and O–H groups in total. The topological polar surface area (TPSA) is 84.5 Å². The van der Waals surface area contributed by atoms with Crippen LogP contribution in [0.3, 0.4) is 0 Å². The molecule has 0 aliphatic heterocycles. The van der Waals surface area contributed by atoms with Gasteiger partial charge >= 0.3 is 5.97 Å². The van der Waals surface area contributed by atoms with Crippen molar-refractivity contribution in [3.8, 4) is 0 Å². The summed E-state index contributed by atoms with van der Waals surface area (Å²) in [6, 6.07) is 14.2. The van der Waals surface area contributed by atoms with Gasteiger partial charge < -0.3 is 15.4 Å². The van der Waals surface area contributed by atoms with Crippen LogP contribution in [0.1, 0.15) is 56.3 Å². The number of anilines is 2. The highest BCUT2D eigenvalue weighted by Gasteiger charge is 2.21. The molecule has 1 saturated carbocycles. The molecular weight excluding hydrogens is 424 g/mol. The molecule has 1 fully saturated rings. The van der Waals surface area contributed by atoms with Crippen molar-refractivity contribution in [1.82, 2.24) is 0 Å². The molecule has 6 nitrogen and oxygen atoms in total. The molecule has 2 amide bonds. The van der Waals surface area contributed by atoms with Gasteiger partial charge in [0.15, 0.2) is 0 Å². The maximum absolute atomic E-state index is 12.5. The highest BCUT2D eigenvalue weighted by molar-refractivity contribution is 8.00. The summed E-state index contributed by atoms with van der Waals surface area (Å²) in [5.41, 5.74) is 1.85. The molecule has 170 valence electrons. The fraction of sp³-hybridized carbons (Fsp3) is 0.400. The van der Waals surface area contributed by atoms with Crippen LogP contribution in [-0.4, -0.2) is 29.6 Å². The van der Waals surface area contributed by atoms with Crippen LogP contribution >= 0.6 is 11.8 Å². The zero-order valence-corrected chi connectivity index (χ0v) is 19.4. The van der Waals surface area contributed by atoms with E-state index in [4.69, 9.17) is 4.74 Å². The molecule has 2 aromatic rings. The minimum atomic E-state index is -0.382. The molecule has 2 aromatic carbocycles. The largest absolute Gasteiger partial charge is 0.462 e. The van der Waals surface area contributed by atoms with Crippen LogP contribution in [0.2, 0.25) is 0 Å². The van der Waals surface area contributed by atoms with Gasteiger partial charge in [-0.05, 0) is 75.2 Å². The van der Waals surface area contributed by atoms with Crippen LogP contribution in [-0.2, 0) is 14.3 Å². The second kappa shape index (κ2) is 11.7. The average Bonchev–Trinajstić information content (AvgIpc) is 2.81. The number of esters is 1. The lowest BCUT2D eigenvalue weighted by Crippen LogP contribution is -2.24. The summed E-state index contributed by atoms with van der Waals surface area (Å²) in [5, 5.41) is 5.56. The number of rotatable bonds is 8. The molecule has 0 spiro atoms. The van der Waals surface area contributed by atoms with Gasteiger partial charge in [0.1, 0.15) is 0 Å². The first-order chi connectivity index (χ1) is 15.5. The van der Waals surface area contributed by atoms with Crippen LogP contribution in [0, 0.1) is 5.92 Å². The van der Waals surface area contributed by atoms with Crippen molar-refractivity contribution in [2.24, 2.45) is 5.92 Å². The Balaban J connectivity index is 1.49. The van der Waals surface area contributed by atoms with Gasteiger partial charge in [-0.25, -0.2) is 4.79 Å². The van der Waals surface area contributed by atoms with Crippen molar-refractivity contribution in [3.63, 3.8) is 0 Å². The predicted molar refractivity (Wildman–Crippen MR) is 128 cm³/mol. The van der Waals surface area contributed by atoms with Crippen molar-refractivity contribution < 1.29 is 19.1 Å². The van der Waals surface area contributed by atoms with Gasteiger partial charge in [0.05, 0.1) is 17.4 Å². The minimum absolute atomic E-state index is 0.104. The van der Waals surface area contributed by atoms with E-state index < -0.39 is 0 Å². The van der Waals surface area contributed by atoms with E-state index in [1.54, 1.807) is 31.2 Å².